The predicted molar refractivity (Wildman–Crippen MR) is 118 cm³/mol. The van der Waals surface area contributed by atoms with Crippen LogP contribution < -0.4 is 15.2 Å². The van der Waals surface area contributed by atoms with E-state index in [9.17, 15) is 26.8 Å². The highest BCUT2D eigenvalue weighted by Gasteiger charge is 2.31. The zero-order valence-corrected chi connectivity index (χ0v) is 18.7. The maximum absolute atomic E-state index is 13.7. The fourth-order valence-electron chi connectivity index (χ4n) is 3.37. The number of rotatable bonds is 6. The molecule has 0 bridgehead atoms. The van der Waals surface area contributed by atoms with Crippen LogP contribution in [0, 0.1) is 18.6 Å². The van der Waals surface area contributed by atoms with Gasteiger partial charge in [-0.1, -0.05) is 18.2 Å². The van der Waals surface area contributed by atoms with E-state index < -0.39 is 39.2 Å². The number of anilines is 2. The summed E-state index contributed by atoms with van der Waals surface area (Å²) in [5.41, 5.74) is 0.275. The number of benzene rings is 2. The smallest absolute Gasteiger partial charge is 0.295 e. The molecule has 0 fully saturated rings. The van der Waals surface area contributed by atoms with Crippen molar-refractivity contribution in [1.82, 2.24) is 9.36 Å². The van der Waals surface area contributed by atoms with E-state index in [2.05, 4.69) is 5.32 Å². The molecule has 1 aromatic heterocycles. The van der Waals surface area contributed by atoms with Crippen LogP contribution >= 0.6 is 0 Å². The number of carbonyl (C=O) groups is 1. The summed E-state index contributed by atoms with van der Waals surface area (Å²) in [6.07, 6.45) is 0.841. The third-order valence-electron chi connectivity index (χ3n) is 5.05. The van der Waals surface area contributed by atoms with Gasteiger partial charge >= 0.3 is 0 Å². The number of hydrogen-bond acceptors (Lipinski definition) is 4. The van der Waals surface area contributed by atoms with Gasteiger partial charge in [-0.2, -0.15) is 0 Å². The Hall–Kier alpha value is -3.47. The molecule has 170 valence electrons. The zero-order chi connectivity index (χ0) is 23.8. The summed E-state index contributed by atoms with van der Waals surface area (Å²) in [5.74, 6) is -3.22. The molecule has 0 radical (unpaired) electrons. The summed E-state index contributed by atoms with van der Waals surface area (Å²) < 4.78 is 55.3. The van der Waals surface area contributed by atoms with E-state index in [0.29, 0.717) is 21.8 Å². The largest absolute Gasteiger partial charge is 0.318 e. The normalized spacial score (nSPS) is 12.4. The van der Waals surface area contributed by atoms with Crippen molar-refractivity contribution in [3.63, 3.8) is 0 Å². The SMILES string of the molecule is Cc1c(NC(=O)C(C)N(c2ccc(F)c(F)c2)S(C)(=O)=O)c(=O)n(-c2ccccc2)n1C. The third-order valence-corrected chi connectivity index (χ3v) is 6.29. The number of amides is 1. The van der Waals surface area contributed by atoms with E-state index in [4.69, 9.17) is 0 Å². The molecule has 2 aromatic carbocycles. The monoisotopic (exact) mass is 464 g/mol. The summed E-state index contributed by atoms with van der Waals surface area (Å²) in [7, 11) is -2.41. The van der Waals surface area contributed by atoms with Crippen molar-refractivity contribution in [3.05, 3.63) is 76.2 Å². The first kappa shape index (κ1) is 23.2. The molecule has 0 aliphatic heterocycles. The Balaban J connectivity index is 1.99. The highest BCUT2D eigenvalue weighted by atomic mass is 32.2. The molecule has 32 heavy (non-hydrogen) atoms. The molecule has 0 aliphatic rings. The predicted octanol–water partition coefficient (Wildman–Crippen LogP) is 2.56. The summed E-state index contributed by atoms with van der Waals surface area (Å²) >= 11 is 0. The second-order valence-corrected chi connectivity index (χ2v) is 9.12. The average molecular weight is 464 g/mol. The van der Waals surface area contributed by atoms with Gasteiger partial charge in [0.05, 0.1) is 23.3 Å². The van der Waals surface area contributed by atoms with E-state index in [1.165, 1.54) is 11.6 Å². The molecule has 8 nitrogen and oxygen atoms in total. The Morgan fingerprint density at radius 2 is 1.72 bits per heavy atom. The lowest BCUT2D eigenvalue weighted by atomic mass is 10.2. The standard InChI is InChI=1S/C21H22F2N4O4S/c1-13-19(21(29)26(25(13)3)15-8-6-5-7-9-15)24-20(28)14(2)27(32(4,30)31)16-10-11-17(22)18(23)12-16/h5-12,14H,1-4H3,(H,24,28). The number of para-hydroxylation sites is 1. The van der Waals surface area contributed by atoms with E-state index in [0.717, 1.165) is 18.4 Å². The molecule has 1 N–H and O–H groups in total. The number of carbonyl (C=O) groups excluding carboxylic acids is 1. The van der Waals surface area contributed by atoms with Gasteiger partial charge in [0.15, 0.2) is 11.6 Å². The van der Waals surface area contributed by atoms with Crippen LogP contribution in [0.1, 0.15) is 12.6 Å². The maximum atomic E-state index is 13.7. The van der Waals surface area contributed by atoms with Crippen LogP contribution in [-0.4, -0.2) is 36.0 Å². The lowest BCUT2D eigenvalue weighted by molar-refractivity contribution is -0.116. The molecule has 3 aromatic rings. The Morgan fingerprint density at radius 1 is 1.09 bits per heavy atom. The third kappa shape index (κ3) is 4.28. The summed E-state index contributed by atoms with van der Waals surface area (Å²) in [6.45, 7) is 2.91. The number of aromatic nitrogens is 2. The van der Waals surface area contributed by atoms with Gasteiger partial charge in [-0.25, -0.2) is 21.9 Å². The first-order valence-electron chi connectivity index (χ1n) is 9.52. The first-order chi connectivity index (χ1) is 14.9. The van der Waals surface area contributed by atoms with Crippen LogP contribution in [0.25, 0.3) is 5.69 Å². The van der Waals surface area contributed by atoms with E-state index in [1.807, 2.05) is 0 Å². The highest BCUT2D eigenvalue weighted by molar-refractivity contribution is 7.92. The topological polar surface area (TPSA) is 93.4 Å². The number of hydrogen-bond donors (Lipinski definition) is 1. The van der Waals surface area contributed by atoms with E-state index in [-0.39, 0.29) is 11.4 Å². The van der Waals surface area contributed by atoms with Gasteiger partial charge in [-0.15, -0.1) is 0 Å². The molecular formula is C21H22F2N4O4S. The van der Waals surface area contributed by atoms with Gasteiger partial charge in [0.1, 0.15) is 11.7 Å². The highest BCUT2D eigenvalue weighted by Crippen LogP contribution is 2.24. The van der Waals surface area contributed by atoms with E-state index >= 15 is 0 Å². The number of nitrogens with one attached hydrogen (secondary N) is 1. The Labute approximate surface area is 183 Å². The summed E-state index contributed by atoms with van der Waals surface area (Å²) in [4.78, 5) is 25.9. The summed E-state index contributed by atoms with van der Waals surface area (Å²) in [5, 5.41) is 2.49. The van der Waals surface area contributed by atoms with Crippen molar-refractivity contribution in [1.29, 1.82) is 0 Å². The molecule has 1 amide bonds. The Morgan fingerprint density at radius 3 is 2.28 bits per heavy atom. The molecular weight excluding hydrogens is 442 g/mol. The molecule has 0 spiro atoms. The zero-order valence-electron chi connectivity index (χ0n) is 17.8. The van der Waals surface area contributed by atoms with Crippen molar-refractivity contribution in [2.45, 2.75) is 19.9 Å². The lowest BCUT2D eigenvalue weighted by Crippen LogP contribution is -2.46. The first-order valence-corrected chi connectivity index (χ1v) is 11.4. The van der Waals surface area contributed by atoms with Gasteiger partial charge in [-0.05, 0) is 38.1 Å². The number of nitrogens with zero attached hydrogens (tertiary/aromatic N) is 3. The second kappa shape index (κ2) is 8.58. The maximum Gasteiger partial charge on any atom is 0.295 e. The molecule has 1 unspecified atom stereocenters. The minimum absolute atomic E-state index is 0.0214. The van der Waals surface area contributed by atoms with Crippen molar-refractivity contribution < 1.29 is 22.0 Å². The molecule has 3 rings (SSSR count). The Bertz CT molecular complexity index is 1330. The van der Waals surface area contributed by atoms with Crippen LogP contribution in [-0.2, 0) is 21.9 Å². The van der Waals surface area contributed by atoms with Gasteiger partial charge in [0, 0.05) is 13.1 Å². The quantitative estimate of drug-likeness (QED) is 0.607. The molecule has 1 atom stereocenters. The van der Waals surface area contributed by atoms with Crippen molar-refractivity contribution in [2.24, 2.45) is 7.05 Å². The van der Waals surface area contributed by atoms with Gasteiger partial charge in [-0.3, -0.25) is 18.6 Å². The van der Waals surface area contributed by atoms with Crippen molar-refractivity contribution in [3.8, 4) is 5.69 Å². The number of halogens is 2. The van der Waals surface area contributed by atoms with Crippen LogP contribution in [0.2, 0.25) is 0 Å². The van der Waals surface area contributed by atoms with Crippen LogP contribution in [0.3, 0.4) is 0 Å². The molecule has 0 aliphatic carbocycles. The molecule has 0 saturated carbocycles. The number of sulfonamides is 1. The van der Waals surface area contributed by atoms with Crippen LogP contribution in [0.5, 0.6) is 0 Å². The fourth-order valence-corrected chi connectivity index (χ4v) is 4.54. The Kier molecular flexibility index (Phi) is 6.22. The van der Waals surface area contributed by atoms with Crippen molar-refractivity contribution >= 4 is 27.3 Å². The van der Waals surface area contributed by atoms with Crippen LogP contribution in [0.15, 0.2) is 53.3 Å². The van der Waals surface area contributed by atoms with Gasteiger partial charge in [0.2, 0.25) is 15.9 Å². The fraction of sp³-hybridized carbons (Fsp3) is 0.238. The van der Waals surface area contributed by atoms with Gasteiger partial charge < -0.3 is 5.32 Å². The van der Waals surface area contributed by atoms with E-state index in [1.54, 1.807) is 49.0 Å². The summed E-state index contributed by atoms with van der Waals surface area (Å²) in [6, 6.07) is 9.93. The molecule has 0 saturated heterocycles. The minimum Gasteiger partial charge on any atom is -0.318 e. The molecule has 11 heteroatoms. The average Bonchev–Trinajstić information content (AvgIpc) is 2.93. The van der Waals surface area contributed by atoms with Crippen LogP contribution in [0.4, 0.5) is 20.2 Å². The second-order valence-electron chi connectivity index (χ2n) is 7.26. The van der Waals surface area contributed by atoms with Gasteiger partial charge in [0.25, 0.3) is 5.56 Å². The minimum atomic E-state index is -4.06. The lowest BCUT2D eigenvalue weighted by Gasteiger charge is -2.28. The molecule has 1 heterocycles. The van der Waals surface area contributed by atoms with Crippen molar-refractivity contribution in [2.75, 3.05) is 15.9 Å².